The lowest BCUT2D eigenvalue weighted by Crippen LogP contribution is -2.35. The number of hydrogen-bond acceptors (Lipinski definition) is 6. The largest absolute Gasteiger partial charge is 0.493 e. The minimum absolute atomic E-state index is 0.0745. The monoisotopic (exact) mass is 307 g/mol. The highest BCUT2D eigenvalue weighted by Crippen LogP contribution is 2.28. The van der Waals surface area contributed by atoms with Crippen LogP contribution in [0.3, 0.4) is 0 Å². The zero-order valence-corrected chi connectivity index (χ0v) is 13.9. The van der Waals surface area contributed by atoms with E-state index in [4.69, 9.17) is 14.3 Å². The van der Waals surface area contributed by atoms with E-state index in [0.29, 0.717) is 18.1 Å². The van der Waals surface area contributed by atoms with E-state index < -0.39 is 0 Å². The molecule has 1 atom stereocenters. The van der Waals surface area contributed by atoms with Crippen LogP contribution in [0.1, 0.15) is 33.3 Å². The van der Waals surface area contributed by atoms with Crippen molar-refractivity contribution in [2.24, 2.45) is 4.99 Å². The zero-order chi connectivity index (χ0) is 16.2. The van der Waals surface area contributed by atoms with Gasteiger partial charge in [0, 0.05) is 12.1 Å². The first-order valence-corrected chi connectivity index (χ1v) is 7.38. The van der Waals surface area contributed by atoms with Crippen molar-refractivity contribution in [3.63, 3.8) is 0 Å². The molecule has 0 aliphatic carbocycles. The lowest BCUT2D eigenvalue weighted by molar-refractivity contribution is 0.00896. The summed E-state index contributed by atoms with van der Waals surface area (Å²) in [6, 6.07) is 5.92. The van der Waals surface area contributed by atoms with Crippen molar-refractivity contribution in [3.8, 4) is 11.5 Å². The summed E-state index contributed by atoms with van der Waals surface area (Å²) in [5.41, 5.74) is 3.92. The van der Waals surface area contributed by atoms with Gasteiger partial charge in [0.05, 0.1) is 7.11 Å². The van der Waals surface area contributed by atoms with Gasteiger partial charge in [0.25, 0.3) is 0 Å². The lowest BCUT2D eigenvalue weighted by atomic mass is 10.1. The van der Waals surface area contributed by atoms with E-state index in [1.807, 2.05) is 25.1 Å². The molecular formula is C16H25N3O3. The number of nitrogens with zero attached hydrogens (tertiary/aromatic N) is 1. The minimum atomic E-state index is -0.327. The van der Waals surface area contributed by atoms with Gasteiger partial charge in [0.1, 0.15) is 12.4 Å². The van der Waals surface area contributed by atoms with Crippen molar-refractivity contribution >= 4 is 5.84 Å². The van der Waals surface area contributed by atoms with Gasteiger partial charge in [0.15, 0.2) is 11.5 Å². The second-order valence-electron chi connectivity index (χ2n) is 6.29. The third-order valence-corrected chi connectivity index (χ3v) is 3.11. The standard InChI is InChI=1S/C16H25N3O3/c1-11-18-15(22-19-11)10-21-13-7-6-12(8-14(13)20-5)9-17-16(2,3)4/h6-8,15,17H,9-10H2,1-5H3,(H,18,19)/t15-/m0/s1. The number of methoxy groups -OCH3 is 1. The number of ether oxygens (including phenoxy) is 2. The number of hydroxylamine groups is 1. The molecule has 0 amide bonds. The quantitative estimate of drug-likeness (QED) is 0.844. The van der Waals surface area contributed by atoms with Crippen molar-refractivity contribution in [1.29, 1.82) is 0 Å². The van der Waals surface area contributed by atoms with Gasteiger partial charge in [-0.05, 0) is 45.4 Å². The summed E-state index contributed by atoms with van der Waals surface area (Å²) in [5.74, 6) is 2.15. The fourth-order valence-electron chi connectivity index (χ4n) is 1.96. The van der Waals surface area contributed by atoms with Gasteiger partial charge in [-0.15, -0.1) is 0 Å². The Hall–Kier alpha value is -1.79. The topological polar surface area (TPSA) is 64.1 Å². The van der Waals surface area contributed by atoms with Gasteiger partial charge in [-0.25, -0.2) is 9.83 Å². The van der Waals surface area contributed by atoms with Crippen molar-refractivity contribution in [3.05, 3.63) is 23.8 Å². The molecule has 6 nitrogen and oxygen atoms in total. The van der Waals surface area contributed by atoms with Gasteiger partial charge in [-0.3, -0.25) is 5.48 Å². The summed E-state index contributed by atoms with van der Waals surface area (Å²) in [7, 11) is 1.64. The van der Waals surface area contributed by atoms with Gasteiger partial charge in [-0.1, -0.05) is 6.07 Å². The molecule has 1 aromatic carbocycles. The number of hydrogen-bond donors (Lipinski definition) is 2. The molecule has 0 saturated heterocycles. The summed E-state index contributed by atoms with van der Waals surface area (Å²) < 4.78 is 11.2. The molecule has 6 heteroatoms. The molecule has 0 saturated carbocycles. The van der Waals surface area contributed by atoms with Crippen LogP contribution >= 0.6 is 0 Å². The molecule has 1 aromatic rings. The number of nitrogens with one attached hydrogen (secondary N) is 2. The van der Waals surface area contributed by atoms with Gasteiger partial charge < -0.3 is 14.8 Å². The van der Waals surface area contributed by atoms with Crippen LogP contribution in [0.4, 0.5) is 0 Å². The van der Waals surface area contributed by atoms with E-state index in [1.54, 1.807) is 7.11 Å². The van der Waals surface area contributed by atoms with E-state index >= 15 is 0 Å². The van der Waals surface area contributed by atoms with Crippen LogP contribution in [-0.2, 0) is 11.4 Å². The first-order valence-electron chi connectivity index (χ1n) is 7.38. The van der Waals surface area contributed by atoms with Crippen LogP contribution < -0.4 is 20.3 Å². The summed E-state index contributed by atoms with van der Waals surface area (Å²) in [6.07, 6.45) is -0.327. The van der Waals surface area contributed by atoms with Crippen LogP contribution in [0.5, 0.6) is 11.5 Å². The molecule has 0 fully saturated rings. The Bertz CT molecular complexity index is 538. The van der Waals surface area contributed by atoms with Crippen molar-refractivity contribution < 1.29 is 14.3 Å². The smallest absolute Gasteiger partial charge is 0.210 e. The molecule has 1 aliphatic heterocycles. The third-order valence-electron chi connectivity index (χ3n) is 3.11. The van der Waals surface area contributed by atoms with Crippen LogP contribution in [0.25, 0.3) is 0 Å². The second-order valence-corrected chi connectivity index (χ2v) is 6.29. The number of rotatable bonds is 6. The van der Waals surface area contributed by atoms with Crippen molar-refractivity contribution in [2.45, 2.75) is 46.0 Å². The molecule has 1 heterocycles. The Balaban J connectivity index is 1.96. The Kier molecular flexibility index (Phi) is 5.26. The summed E-state index contributed by atoms with van der Waals surface area (Å²) in [4.78, 5) is 9.47. The van der Waals surface area contributed by atoms with E-state index in [2.05, 4.69) is 36.6 Å². The lowest BCUT2D eigenvalue weighted by Gasteiger charge is -2.21. The number of benzene rings is 1. The molecule has 22 heavy (non-hydrogen) atoms. The Morgan fingerprint density at radius 3 is 2.68 bits per heavy atom. The highest BCUT2D eigenvalue weighted by atomic mass is 16.7. The average Bonchev–Trinajstić information content (AvgIpc) is 2.88. The van der Waals surface area contributed by atoms with E-state index in [0.717, 1.165) is 17.9 Å². The van der Waals surface area contributed by atoms with Crippen LogP contribution in [0.15, 0.2) is 23.2 Å². The zero-order valence-electron chi connectivity index (χ0n) is 13.9. The summed E-state index contributed by atoms with van der Waals surface area (Å²) in [6.45, 7) is 9.37. The van der Waals surface area contributed by atoms with Crippen LogP contribution in [0, 0.1) is 0 Å². The van der Waals surface area contributed by atoms with E-state index in [9.17, 15) is 0 Å². The van der Waals surface area contributed by atoms with Gasteiger partial charge in [0.2, 0.25) is 6.23 Å². The average molecular weight is 307 g/mol. The van der Waals surface area contributed by atoms with Crippen LogP contribution in [0.2, 0.25) is 0 Å². The first-order chi connectivity index (χ1) is 10.4. The predicted octanol–water partition coefficient (Wildman–Crippen LogP) is 2.24. The summed E-state index contributed by atoms with van der Waals surface area (Å²) in [5, 5.41) is 3.45. The Labute approximate surface area is 131 Å². The molecule has 0 unspecified atom stereocenters. The van der Waals surface area contributed by atoms with Gasteiger partial charge in [-0.2, -0.15) is 0 Å². The Morgan fingerprint density at radius 1 is 1.32 bits per heavy atom. The predicted molar refractivity (Wildman–Crippen MR) is 86.2 cm³/mol. The highest BCUT2D eigenvalue weighted by molar-refractivity contribution is 5.79. The number of amidine groups is 1. The molecule has 1 aliphatic rings. The molecule has 0 bridgehead atoms. The highest BCUT2D eigenvalue weighted by Gasteiger charge is 2.17. The van der Waals surface area contributed by atoms with Gasteiger partial charge >= 0.3 is 0 Å². The Morgan fingerprint density at radius 2 is 2.09 bits per heavy atom. The molecule has 2 N–H and O–H groups in total. The maximum Gasteiger partial charge on any atom is 0.210 e. The fraction of sp³-hybridized carbons (Fsp3) is 0.562. The molecule has 0 spiro atoms. The van der Waals surface area contributed by atoms with E-state index in [-0.39, 0.29) is 11.8 Å². The molecule has 122 valence electrons. The molecule has 0 aromatic heterocycles. The van der Waals surface area contributed by atoms with Crippen molar-refractivity contribution in [2.75, 3.05) is 13.7 Å². The third kappa shape index (κ3) is 4.89. The maximum absolute atomic E-state index is 5.74. The first kappa shape index (κ1) is 16.6. The second kappa shape index (κ2) is 6.98. The maximum atomic E-state index is 5.74. The molecule has 0 radical (unpaired) electrons. The molecular weight excluding hydrogens is 282 g/mol. The van der Waals surface area contributed by atoms with Crippen molar-refractivity contribution in [1.82, 2.24) is 10.8 Å². The normalized spacial score (nSPS) is 17.9. The molecule has 2 rings (SSSR count). The van der Waals surface area contributed by atoms with Crippen LogP contribution in [-0.4, -0.2) is 31.3 Å². The van der Waals surface area contributed by atoms with E-state index in [1.165, 1.54) is 0 Å². The minimum Gasteiger partial charge on any atom is -0.493 e. The fourth-order valence-corrected chi connectivity index (χ4v) is 1.96. The summed E-state index contributed by atoms with van der Waals surface area (Å²) >= 11 is 0. The number of aliphatic imine (C=N–C) groups is 1. The SMILES string of the molecule is COc1cc(CNC(C)(C)C)ccc1OC[C@H]1N=C(C)NO1.